The van der Waals surface area contributed by atoms with Crippen molar-refractivity contribution < 1.29 is 0 Å². The predicted molar refractivity (Wildman–Crippen MR) is 83.4 cm³/mol. The van der Waals surface area contributed by atoms with E-state index in [2.05, 4.69) is 66.5 Å². The van der Waals surface area contributed by atoms with Crippen LogP contribution in [0.15, 0.2) is 72.9 Å². The molecule has 0 fully saturated rings. The Hall–Kier alpha value is -2.41. The van der Waals surface area contributed by atoms with Crippen molar-refractivity contribution in [2.75, 3.05) is 0 Å². The van der Waals surface area contributed by atoms with E-state index >= 15 is 0 Å². The predicted octanol–water partition coefficient (Wildman–Crippen LogP) is 4.52. The molecule has 1 heterocycles. The Bertz CT molecular complexity index is 684. The van der Waals surface area contributed by atoms with Gasteiger partial charge in [-0.15, -0.1) is 0 Å². The first-order valence-corrected chi connectivity index (χ1v) is 6.73. The van der Waals surface area contributed by atoms with Crippen LogP contribution in [0.25, 0.3) is 11.1 Å². The Balaban J connectivity index is 1.82. The van der Waals surface area contributed by atoms with Crippen LogP contribution in [0, 0.1) is 6.92 Å². The molecule has 1 nitrogen and oxygen atoms in total. The molecule has 0 amide bonds. The number of benzene rings is 2. The lowest BCUT2D eigenvalue weighted by atomic mass is 10.00. The first kappa shape index (κ1) is 12.6. The van der Waals surface area contributed by atoms with Crippen LogP contribution in [0.2, 0.25) is 0 Å². The summed E-state index contributed by atoms with van der Waals surface area (Å²) in [4.78, 5) is 4.23. The summed E-state index contributed by atoms with van der Waals surface area (Å²) >= 11 is 0. The van der Waals surface area contributed by atoms with Crippen LogP contribution in [0.3, 0.4) is 0 Å². The maximum atomic E-state index is 4.23. The third-order valence-corrected chi connectivity index (χ3v) is 3.44. The maximum Gasteiger partial charge on any atom is 0.0442 e. The number of nitrogens with zero attached hydrogens (tertiary/aromatic N) is 1. The largest absolute Gasteiger partial charge is 0.261 e. The van der Waals surface area contributed by atoms with Crippen molar-refractivity contribution in [3.05, 3.63) is 96.7 Å². The third-order valence-electron chi connectivity index (χ3n) is 3.44. The minimum atomic E-state index is 0.861. The molecule has 97 valence electrons. The zero-order chi connectivity index (χ0) is 13.8. The summed E-state index contributed by atoms with van der Waals surface area (Å²) in [5.74, 6) is 0. The van der Waals surface area contributed by atoms with Crippen molar-refractivity contribution in [3.8, 4) is 11.1 Å². The molecule has 1 radical (unpaired) electrons. The van der Waals surface area contributed by atoms with Gasteiger partial charge in [-0.3, -0.25) is 4.98 Å². The minimum Gasteiger partial charge on any atom is -0.261 e. The zero-order valence-corrected chi connectivity index (χ0v) is 11.3. The fraction of sp³-hybridized carbons (Fsp3) is 0.0526. The first-order chi connectivity index (χ1) is 9.83. The fourth-order valence-corrected chi connectivity index (χ4v) is 2.30. The second kappa shape index (κ2) is 5.70. The van der Waals surface area contributed by atoms with Crippen LogP contribution in [0.4, 0.5) is 0 Å². The third kappa shape index (κ3) is 2.77. The Morgan fingerprint density at radius 3 is 2.15 bits per heavy atom. The Kier molecular flexibility index (Phi) is 3.60. The first-order valence-electron chi connectivity index (χ1n) is 6.73. The second-order valence-corrected chi connectivity index (χ2v) is 4.85. The smallest absolute Gasteiger partial charge is 0.0442 e. The highest BCUT2D eigenvalue weighted by Gasteiger charge is 2.01. The molecule has 0 aliphatic rings. The molecule has 0 aliphatic carbocycles. The van der Waals surface area contributed by atoms with E-state index in [0.29, 0.717) is 0 Å². The van der Waals surface area contributed by atoms with Crippen LogP contribution >= 0.6 is 0 Å². The van der Waals surface area contributed by atoms with Crippen molar-refractivity contribution in [1.29, 1.82) is 0 Å². The van der Waals surface area contributed by atoms with Gasteiger partial charge >= 0.3 is 0 Å². The molecule has 0 unspecified atom stereocenters. The molecule has 0 bridgehead atoms. The molecule has 3 rings (SSSR count). The summed E-state index contributed by atoms with van der Waals surface area (Å²) in [6, 6.07) is 23.2. The van der Waals surface area contributed by atoms with Gasteiger partial charge < -0.3 is 0 Å². The fourth-order valence-electron chi connectivity index (χ4n) is 2.30. The average molecular weight is 258 g/mol. The highest BCUT2D eigenvalue weighted by atomic mass is 14.7. The monoisotopic (exact) mass is 258 g/mol. The Morgan fingerprint density at radius 1 is 0.750 bits per heavy atom. The van der Waals surface area contributed by atoms with Gasteiger partial charge in [-0.25, -0.2) is 0 Å². The summed E-state index contributed by atoms with van der Waals surface area (Å²) < 4.78 is 0. The average Bonchev–Trinajstić information content (AvgIpc) is 2.51. The van der Waals surface area contributed by atoms with Crippen molar-refractivity contribution in [3.63, 3.8) is 0 Å². The van der Waals surface area contributed by atoms with E-state index < -0.39 is 0 Å². The molecule has 0 N–H and O–H groups in total. The maximum absolute atomic E-state index is 4.23. The molecule has 0 spiro atoms. The number of pyridine rings is 1. The summed E-state index contributed by atoms with van der Waals surface area (Å²) in [5.41, 5.74) is 5.82. The molecule has 20 heavy (non-hydrogen) atoms. The molecular formula is C19H16N. The van der Waals surface area contributed by atoms with Gasteiger partial charge in [0.1, 0.15) is 0 Å². The van der Waals surface area contributed by atoms with E-state index in [-0.39, 0.29) is 0 Å². The van der Waals surface area contributed by atoms with Crippen LogP contribution in [-0.4, -0.2) is 4.98 Å². The molecule has 1 heteroatoms. The van der Waals surface area contributed by atoms with Crippen molar-refractivity contribution >= 4 is 0 Å². The van der Waals surface area contributed by atoms with Gasteiger partial charge in [-0.1, -0.05) is 60.7 Å². The van der Waals surface area contributed by atoms with Crippen molar-refractivity contribution in [1.82, 2.24) is 4.98 Å². The summed E-state index contributed by atoms with van der Waals surface area (Å²) in [7, 11) is 0. The quantitative estimate of drug-likeness (QED) is 0.673. The highest BCUT2D eigenvalue weighted by molar-refractivity contribution is 5.63. The van der Waals surface area contributed by atoms with Gasteiger partial charge in [0, 0.05) is 11.9 Å². The molecule has 0 atom stereocenters. The number of hydrogen-bond acceptors (Lipinski definition) is 1. The topological polar surface area (TPSA) is 12.9 Å². The normalized spacial score (nSPS) is 10.4. The van der Waals surface area contributed by atoms with Crippen molar-refractivity contribution in [2.45, 2.75) is 6.42 Å². The van der Waals surface area contributed by atoms with E-state index in [1.54, 1.807) is 6.20 Å². The minimum absolute atomic E-state index is 0.861. The number of rotatable bonds is 3. The molecule has 1 aromatic heterocycles. The van der Waals surface area contributed by atoms with Gasteiger partial charge in [0.2, 0.25) is 0 Å². The van der Waals surface area contributed by atoms with E-state index in [1.165, 1.54) is 22.3 Å². The van der Waals surface area contributed by atoms with Crippen LogP contribution in [-0.2, 0) is 6.42 Å². The van der Waals surface area contributed by atoms with Crippen molar-refractivity contribution in [2.24, 2.45) is 0 Å². The van der Waals surface area contributed by atoms with Gasteiger partial charge in [-0.2, -0.15) is 0 Å². The van der Waals surface area contributed by atoms with Gasteiger partial charge in [0.15, 0.2) is 0 Å². The number of hydrogen-bond donors (Lipinski definition) is 0. The lowest BCUT2D eigenvalue weighted by Crippen LogP contribution is -1.93. The van der Waals surface area contributed by atoms with E-state index in [4.69, 9.17) is 0 Å². The molecule has 0 saturated carbocycles. The van der Waals surface area contributed by atoms with Gasteiger partial charge in [0.25, 0.3) is 0 Å². The lowest BCUT2D eigenvalue weighted by Gasteiger charge is -2.06. The Morgan fingerprint density at radius 2 is 1.45 bits per heavy atom. The summed E-state index contributed by atoms with van der Waals surface area (Å²) in [6.45, 7) is 3.97. The molecule has 2 aromatic carbocycles. The van der Waals surface area contributed by atoms with Gasteiger partial charge in [0.05, 0.1) is 0 Å². The highest BCUT2D eigenvalue weighted by Crippen LogP contribution is 2.20. The summed E-state index contributed by atoms with van der Waals surface area (Å²) in [6.07, 6.45) is 2.66. The van der Waals surface area contributed by atoms with Crippen LogP contribution in [0.1, 0.15) is 16.8 Å². The standard InChI is InChI=1S/C19H16N/c1-15-19(8-5-13-20-15)14-16-9-11-18(12-10-16)17-6-3-2-4-7-17/h2-13H,1,14H2. The van der Waals surface area contributed by atoms with Crippen LogP contribution < -0.4 is 0 Å². The van der Waals surface area contributed by atoms with Crippen LogP contribution in [0.5, 0.6) is 0 Å². The Labute approximate surface area is 119 Å². The van der Waals surface area contributed by atoms with Gasteiger partial charge in [-0.05, 0) is 41.7 Å². The summed E-state index contributed by atoms with van der Waals surface area (Å²) in [5, 5.41) is 0. The zero-order valence-electron chi connectivity index (χ0n) is 11.3. The van der Waals surface area contributed by atoms with E-state index in [9.17, 15) is 0 Å². The molecule has 3 aromatic rings. The molecule has 0 saturated heterocycles. The van der Waals surface area contributed by atoms with E-state index in [0.717, 1.165) is 12.1 Å². The second-order valence-electron chi connectivity index (χ2n) is 4.85. The molecular weight excluding hydrogens is 242 g/mol. The SMILES string of the molecule is [CH2]c1ncccc1Cc1ccc(-c2ccccc2)cc1. The lowest BCUT2D eigenvalue weighted by molar-refractivity contribution is 1.11. The van der Waals surface area contributed by atoms with E-state index in [1.807, 2.05) is 12.1 Å². The molecule has 0 aliphatic heterocycles. The number of aromatic nitrogens is 1.